The number of alkyl carbamates (subject to hydrolysis) is 1. The molecule has 0 fully saturated rings. The highest BCUT2D eigenvalue weighted by Crippen LogP contribution is 2.01. The Morgan fingerprint density at radius 3 is 2.60 bits per heavy atom. The number of nitrogens with one attached hydrogen (secondary N) is 2. The van der Waals surface area contributed by atoms with Crippen LogP contribution in [0.3, 0.4) is 0 Å². The van der Waals surface area contributed by atoms with Crippen LogP contribution in [0.1, 0.15) is 31.7 Å². The van der Waals surface area contributed by atoms with Gasteiger partial charge in [-0.15, -0.1) is 0 Å². The maximum atomic E-state index is 11.8. The van der Waals surface area contributed by atoms with Crippen molar-refractivity contribution in [3.05, 3.63) is 35.9 Å². The molecule has 7 heteroatoms. The fourth-order valence-electron chi connectivity index (χ4n) is 2.08. The van der Waals surface area contributed by atoms with Crippen LogP contribution in [-0.2, 0) is 16.1 Å². The Morgan fingerprint density at radius 2 is 1.88 bits per heavy atom. The Labute approximate surface area is 154 Å². The molecule has 0 saturated heterocycles. The first-order valence-electron chi connectivity index (χ1n) is 8.69. The first kappa shape index (κ1) is 21.3. The maximum absolute atomic E-state index is 11.8. The van der Waals surface area contributed by atoms with Crippen LogP contribution in [-0.4, -0.2) is 42.6 Å². The van der Waals surface area contributed by atoms with Crippen molar-refractivity contribution in [3.63, 3.8) is 0 Å². The standard InChI is InChI=1S/C18H29N3O3S/c1-2-25-13-7-12-20-17(22)16(19)10-6-11-21-18(23)24-14-15-8-4-3-5-9-15/h3-5,8-9,16H,2,6-7,10-14,19H2,1H3,(H,20,22)(H,21,23)/t16-/m0/s1. The van der Waals surface area contributed by atoms with E-state index >= 15 is 0 Å². The van der Waals surface area contributed by atoms with E-state index < -0.39 is 12.1 Å². The van der Waals surface area contributed by atoms with Gasteiger partial charge < -0.3 is 21.1 Å². The normalized spacial score (nSPS) is 11.6. The summed E-state index contributed by atoms with van der Waals surface area (Å²) in [5.41, 5.74) is 6.79. The molecule has 140 valence electrons. The van der Waals surface area contributed by atoms with Crippen LogP contribution >= 0.6 is 11.8 Å². The number of thioether (sulfide) groups is 1. The average Bonchev–Trinajstić information content (AvgIpc) is 2.63. The molecule has 1 rings (SSSR count). The second-order valence-corrected chi connectivity index (χ2v) is 6.97. The molecule has 0 unspecified atom stereocenters. The number of ether oxygens (including phenoxy) is 1. The first-order valence-corrected chi connectivity index (χ1v) is 9.84. The van der Waals surface area contributed by atoms with Gasteiger partial charge in [-0.3, -0.25) is 4.79 Å². The third-order valence-corrected chi connectivity index (χ3v) is 4.47. The minimum atomic E-state index is -0.541. The Hall–Kier alpha value is -1.73. The van der Waals surface area contributed by atoms with E-state index in [9.17, 15) is 9.59 Å². The van der Waals surface area contributed by atoms with Gasteiger partial charge in [0.1, 0.15) is 6.61 Å². The van der Waals surface area contributed by atoms with Gasteiger partial charge in [-0.25, -0.2) is 4.79 Å². The summed E-state index contributed by atoms with van der Waals surface area (Å²) in [6.07, 6.45) is 1.64. The number of rotatable bonds is 12. The molecule has 2 amide bonds. The lowest BCUT2D eigenvalue weighted by Crippen LogP contribution is -2.41. The van der Waals surface area contributed by atoms with Crippen LogP contribution in [0, 0.1) is 0 Å². The van der Waals surface area contributed by atoms with E-state index in [1.807, 2.05) is 42.1 Å². The Morgan fingerprint density at radius 1 is 1.16 bits per heavy atom. The summed E-state index contributed by atoms with van der Waals surface area (Å²) in [6.45, 7) is 3.45. The van der Waals surface area contributed by atoms with Crippen molar-refractivity contribution in [1.29, 1.82) is 0 Å². The van der Waals surface area contributed by atoms with Gasteiger partial charge in [-0.2, -0.15) is 11.8 Å². The number of amides is 2. The molecular formula is C18H29N3O3S. The molecule has 0 aliphatic rings. The zero-order chi connectivity index (χ0) is 18.3. The van der Waals surface area contributed by atoms with Crippen molar-refractivity contribution in [2.45, 2.75) is 38.8 Å². The molecule has 1 atom stereocenters. The molecule has 0 radical (unpaired) electrons. The van der Waals surface area contributed by atoms with E-state index in [1.54, 1.807) is 0 Å². The van der Waals surface area contributed by atoms with Gasteiger partial charge in [-0.1, -0.05) is 37.3 Å². The van der Waals surface area contributed by atoms with Gasteiger partial charge in [0, 0.05) is 13.1 Å². The third kappa shape index (κ3) is 10.7. The SMILES string of the molecule is CCSCCCNC(=O)[C@@H](N)CCCNC(=O)OCc1ccccc1. The minimum Gasteiger partial charge on any atom is -0.445 e. The van der Waals surface area contributed by atoms with E-state index in [1.165, 1.54) is 0 Å². The van der Waals surface area contributed by atoms with Gasteiger partial charge >= 0.3 is 6.09 Å². The average molecular weight is 368 g/mol. The molecule has 6 nitrogen and oxygen atoms in total. The number of nitrogens with two attached hydrogens (primary N) is 1. The van der Waals surface area contributed by atoms with Gasteiger partial charge in [0.05, 0.1) is 6.04 Å². The highest BCUT2D eigenvalue weighted by Gasteiger charge is 2.12. The van der Waals surface area contributed by atoms with E-state index in [0.29, 0.717) is 25.9 Å². The summed E-state index contributed by atoms with van der Waals surface area (Å²) in [5, 5.41) is 5.50. The quantitative estimate of drug-likeness (QED) is 0.493. The number of hydrogen-bond acceptors (Lipinski definition) is 5. The number of carbonyl (C=O) groups excluding carboxylic acids is 2. The van der Waals surface area contributed by atoms with Crippen LogP contribution in [0.2, 0.25) is 0 Å². The maximum Gasteiger partial charge on any atom is 0.407 e. The summed E-state index contributed by atoms with van der Waals surface area (Å²) in [6, 6.07) is 8.95. The largest absolute Gasteiger partial charge is 0.445 e. The molecule has 0 saturated carbocycles. The molecule has 0 aliphatic carbocycles. The first-order chi connectivity index (χ1) is 12.1. The molecule has 1 aromatic carbocycles. The Balaban J connectivity index is 2.03. The van der Waals surface area contributed by atoms with E-state index in [2.05, 4.69) is 17.6 Å². The lowest BCUT2D eigenvalue weighted by Gasteiger charge is -2.12. The second-order valence-electron chi connectivity index (χ2n) is 5.58. The van der Waals surface area contributed by atoms with Gasteiger partial charge in [0.25, 0.3) is 0 Å². The van der Waals surface area contributed by atoms with Crippen LogP contribution in [0.5, 0.6) is 0 Å². The zero-order valence-corrected chi connectivity index (χ0v) is 15.6. The number of benzene rings is 1. The minimum absolute atomic E-state index is 0.131. The zero-order valence-electron chi connectivity index (χ0n) is 14.8. The van der Waals surface area contributed by atoms with Crippen molar-refractivity contribution in [2.75, 3.05) is 24.6 Å². The van der Waals surface area contributed by atoms with Crippen molar-refractivity contribution >= 4 is 23.8 Å². The monoisotopic (exact) mass is 367 g/mol. The summed E-state index contributed by atoms with van der Waals surface area (Å²) < 4.78 is 5.11. The van der Waals surface area contributed by atoms with Crippen LogP contribution in [0.4, 0.5) is 4.79 Å². The highest BCUT2D eigenvalue weighted by atomic mass is 32.2. The van der Waals surface area contributed by atoms with Crippen LogP contribution in [0.25, 0.3) is 0 Å². The van der Waals surface area contributed by atoms with Crippen molar-refractivity contribution < 1.29 is 14.3 Å². The summed E-state index contributed by atoms with van der Waals surface area (Å²) >= 11 is 1.86. The van der Waals surface area contributed by atoms with E-state index in [-0.39, 0.29) is 12.5 Å². The molecule has 1 aromatic rings. The Bertz CT molecular complexity index is 500. The fourth-order valence-corrected chi connectivity index (χ4v) is 2.72. The van der Waals surface area contributed by atoms with Gasteiger partial charge in [0.15, 0.2) is 0 Å². The number of hydrogen-bond donors (Lipinski definition) is 3. The molecule has 4 N–H and O–H groups in total. The molecule has 25 heavy (non-hydrogen) atoms. The van der Waals surface area contributed by atoms with Crippen LogP contribution in [0.15, 0.2) is 30.3 Å². The van der Waals surface area contributed by atoms with E-state index in [0.717, 1.165) is 23.5 Å². The van der Waals surface area contributed by atoms with Crippen LogP contribution < -0.4 is 16.4 Å². The van der Waals surface area contributed by atoms with Gasteiger partial charge in [-0.05, 0) is 36.3 Å². The molecule has 0 bridgehead atoms. The van der Waals surface area contributed by atoms with Crippen molar-refractivity contribution in [2.24, 2.45) is 5.73 Å². The fraction of sp³-hybridized carbons (Fsp3) is 0.556. The summed E-state index contributed by atoms with van der Waals surface area (Å²) in [4.78, 5) is 23.4. The lowest BCUT2D eigenvalue weighted by molar-refractivity contribution is -0.122. The smallest absolute Gasteiger partial charge is 0.407 e. The highest BCUT2D eigenvalue weighted by molar-refractivity contribution is 7.99. The molecular weight excluding hydrogens is 338 g/mol. The third-order valence-electron chi connectivity index (χ3n) is 3.48. The lowest BCUT2D eigenvalue weighted by atomic mass is 10.1. The van der Waals surface area contributed by atoms with Crippen molar-refractivity contribution in [1.82, 2.24) is 10.6 Å². The predicted octanol–water partition coefficient (Wildman–Crippen LogP) is 2.28. The Kier molecular flexibility index (Phi) is 11.6. The predicted molar refractivity (Wildman–Crippen MR) is 102 cm³/mol. The number of carbonyl (C=O) groups is 2. The molecule has 0 spiro atoms. The van der Waals surface area contributed by atoms with E-state index in [4.69, 9.17) is 10.5 Å². The van der Waals surface area contributed by atoms with Gasteiger partial charge in [0.2, 0.25) is 5.91 Å². The summed E-state index contributed by atoms with van der Waals surface area (Å²) in [5.74, 6) is 2.00. The molecule has 0 aliphatic heterocycles. The van der Waals surface area contributed by atoms with Crippen molar-refractivity contribution in [3.8, 4) is 0 Å². The molecule has 0 aromatic heterocycles. The molecule has 0 heterocycles. The second kappa shape index (κ2) is 13.5. The summed E-state index contributed by atoms with van der Waals surface area (Å²) in [7, 11) is 0. The topological polar surface area (TPSA) is 93.5 Å².